The third kappa shape index (κ3) is 2.88. The van der Waals surface area contributed by atoms with E-state index in [1.165, 1.54) is 0 Å². The van der Waals surface area contributed by atoms with E-state index < -0.39 is 5.79 Å². The molecule has 3 rings (SSSR count). The summed E-state index contributed by atoms with van der Waals surface area (Å²) in [4.78, 5) is 12.9. The van der Waals surface area contributed by atoms with Crippen LogP contribution < -0.4 is 5.32 Å². The molecular formula is C12H16N4O2S2. The monoisotopic (exact) mass is 312 g/mol. The largest absolute Gasteiger partial charge is 0.369 e. The van der Waals surface area contributed by atoms with Crippen LogP contribution in [0.4, 0.5) is 5.82 Å². The van der Waals surface area contributed by atoms with Crippen LogP contribution in [0.25, 0.3) is 10.3 Å². The number of hydrogen-bond acceptors (Lipinski definition) is 8. The van der Waals surface area contributed by atoms with Gasteiger partial charge < -0.3 is 14.8 Å². The van der Waals surface area contributed by atoms with Gasteiger partial charge in [-0.25, -0.2) is 15.0 Å². The maximum absolute atomic E-state index is 5.58. The van der Waals surface area contributed by atoms with Gasteiger partial charge in [0, 0.05) is 13.0 Å². The molecule has 0 aromatic carbocycles. The van der Waals surface area contributed by atoms with Crippen LogP contribution in [0.5, 0.6) is 0 Å². The van der Waals surface area contributed by atoms with Crippen LogP contribution in [-0.2, 0) is 9.47 Å². The van der Waals surface area contributed by atoms with E-state index in [1.54, 1.807) is 29.4 Å². The lowest BCUT2D eigenvalue weighted by atomic mass is 10.2. The lowest BCUT2D eigenvalue weighted by Crippen LogP contribution is -2.28. The van der Waals surface area contributed by atoms with Crippen molar-refractivity contribution in [1.29, 1.82) is 0 Å². The Morgan fingerprint density at radius 2 is 2.20 bits per heavy atom. The Hall–Kier alpha value is -0.960. The molecule has 0 saturated carbocycles. The van der Waals surface area contributed by atoms with E-state index in [0.717, 1.165) is 33.5 Å². The number of thiazole rings is 1. The van der Waals surface area contributed by atoms with Gasteiger partial charge >= 0.3 is 0 Å². The fourth-order valence-electron chi connectivity index (χ4n) is 2.06. The average molecular weight is 312 g/mol. The molecule has 3 heterocycles. The average Bonchev–Trinajstić information content (AvgIpc) is 3.05. The molecule has 6 nitrogen and oxygen atoms in total. The Kier molecular flexibility index (Phi) is 4.06. The first-order valence-electron chi connectivity index (χ1n) is 6.37. The molecule has 1 fully saturated rings. The maximum Gasteiger partial charge on any atom is 0.176 e. The summed E-state index contributed by atoms with van der Waals surface area (Å²) >= 11 is 3.23. The van der Waals surface area contributed by atoms with Gasteiger partial charge in [-0.2, -0.15) is 0 Å². The van der Waals surface area contributed by atoms with Crippen LogP contribution in [0.3, 0.4) is 0 Å². The third-order valence-electron chi connectivity index (χ3n) is 3.12. The van der Waals surface area contributed by atoms with Crippen molar-refractivity contribution < 1.29 is 9.47 Å². The van der Waals surface area contributed by atoms with Crippen molar-refractivity contribution in [3.63, 3.8) is 0 Å². The predicted molar refractivity (Wildman–Crippen MR) is 80.4 cm³/mol. The first kappa shape index (κ1) is 14.0. The highest BCUT2D eigenvalue weighted by atomic mass is 32.2. The van der Waals surface area contributed by atoms with Crippen LogP contribution in [0.1, 0.15) is 13.3 Å². The van der Waals surface area contributed by atoms with Crippen LogP contribution in [0.15, 0.2) is 10.7 Å². The van der Waals surface area contributed by atoms with Gasteiger partial charge in [0.2, 0.25) is 0 Å². The Bertz CT molecular complexity index is 598. The highest BCUT2D eigenvalue weighted by Crippen LogP contribution is 2.31. The molecule has 0 radical (unpaired) electrons. The summed E-state index contributed by atoms with van der Waals surface area (Å²) in [6.45, 7) is 4.03. The Morgan fingerprint density at radius 1 is 1.40 bits per heavy atom. The SMILES string of the molecule is CSc1nc2ncnc(NCCC3(C)OCCO3)c2s1. The zero-order chi connectivity index (χ0) is 14.0. The summed E-state index contributed by atoms with van der Waals surface area (Å²) in [6, 6.07) is 0. The summed E-state index contributed by atoms with van der Waals surface area (Å²) in [5.41, 5.74) is 0.747. The number of fused-ring (bicyclic) bond motifs is 1. The quantitative estimate of drug-likeness (QED) is 0.850. The van der Waals surface area contributed by atoms with E-state index in [0.29, 0.717) is 13.2 Å². The van der Waals surface area contributed by atoms with Gasteiger partial charge in [-0.05, 0) is 13.2 Å². The van der Waals surface area contributed by atoms with Gasteiger partial charge in [0.25, 0.3) is 0 Å². The summed E-state index contributed by atoms with van der Waals surface area (Å²) in [5.74, 6) is 0.353. The molecule has 0 aliphatic carbocycles. The van der Waals surface area contributed by atoms with Crippen molar-refractivity contribution in [2.75, 3.05) is 31.3 Å². The smallest absolute Gasteiger partial charge is 0.176 e. The van der Waals surface area contributed by atoms with Crippen molar-refractivity contribution in [3.8, 4) is 0 Å². The zero-order valence-corrected chi connectivity index (χ0v) is 13.0. The van der Waals surface area contributed by atoms with Gasteiger partial charge in [0.15, 0.2) is 15.8 Å². The molecule has 2 aromatic heterocycles. The van der Waals surface area contributed by atoms with Gasteiger partial charge in [-0.15, -0.1) is 11.3 Å². The number of thioether (sulfide) groups is 1. The van der Waals surface area contributed by atoms with Crippen molar-refractivity contribution in [2.45, 2.75) is 23.5 Å². The Labute approximate surface area is 125 Å². The van der Waals surface area contributed by atoms with Crippen LogP contribution in [-0.4, -0.2) is 46.8 Å². The topological polar surface area (TPSA) is 69.2 Å². The maximum atomic E-state index is 5.58. The fourth-order valence-corrected chi connectivity index (χ4v) is 3.54. The zero-order valence-electron chi connectivity index (χ0n) is 11.4. The molecule has 0 bridgehead atoms. The lowest BCUT2D eigenvalue weighted by Gasteiger charge is -2.22. The minimum absolute atomic E-state index is 0.475. The van der Waals surface area contributed by atoms with Crippen molar-refractivity contribution in [3.05, 3.63) is 6.33 Å². The highest BCUT2D eigenvalue weighted by molar-refractivity contribution is 8.00. The van der Waals surface area contributed by atoms with Crippen LogP contribution in [0, 0.1) is 0 Å². The summed E-state index contributed by atoms with van der Waals surface area (Å²) in [5, 5.41) is 3.33. The van der Waals surface area contributed by atoms with Gasteiger partial charge in [-0.3, -0.25) is 0 Å². The number of nitrogens with one attached hydrogen (secondary N) is 1. The van der Waals surface area contributed by atoms with E-state index in [9.17, 15) is 0 Å². The van der Waals surface area contributed by atoms with Crippen LogP contribution >= 0.6 is 23.1 Å². The van der Waals surface area contributed by atoms with E-state index in [2.05, 4.69) is 20.3 Å². The fraction of sp³-hybridized carbons (Fsp3) is 0.583. The summed E-state index contributed by atoms with van der Waals surface area (Å²) < 4.78 is 13.2. The minimum atomic E-state index is -0.475. The first-order chi connectivity index (χ1) is 9.70. The van der Waals surface area contributed by atoms with E-state index >= 15 is 0 Å². The molecule has 0 unspecified atom stereocenters. The number of hydrogen-bond donors (Lipinski definition) is 1. The third-order valence-corrected chi connectivity index (χ3v) is 5.15. The van der Waals surface area contributed by atoms with Gasteiger partial charge in [0.05, 0.1) is 13.2 Å². The Morgan fingerprint density at radius 3 is 2.95 bits per heavy atom. The van der Waals surface area contributed by atoms with E-state index in [4.69, 9.17) is 9.47 Å². The molecule has 1 N–H and O–H groups in total. The number of rotatable bonds is 5. The van der Waals surface area contributed by atoms with Crippen molar-refractivity contribution in [1.82, 2.24) is 15.0 Å². The molecule has 20 heavy (non-hydrogen) atoms. The highest BCUT2D eigenvalue weighted by Gasteiger charge is 2.30. The number of aromatic nitrogens is 3. The van der Waals surface area contributed by atoms with E-state index in [-0.39, 0.29) is 0 Å². The molecule has 0 spiro atoms. The molecule has 2 aromatic rings. The molecule has 0 amide bonds. The van der Waals surface area contributed by atoms with Crippen molar-refractivity contribution in [2.24, 2.45) is 0 Å². The van der Waals surface area contributed by atoms with Gasteiger partial charge in [-0.1, -0.05) is 11.8 Å². The number of nitrogens with zero attached hydrogens (tertiary/aromatic N) is 3. The second-order valence-electron chi connectivity index (χ2n) is 4.57. The molecule has 108 valence electrons. The summed E-state index contributed by atoms with van der Waals surface area (Å²) in [7, 11) is 0. The van der Waals surface area contributed by atoms with E-state index in [1.807, 2.05) is 13.2 Å². The molecule has 0 atom stereocenters. The first-order valence-corrected chi connectivity index (χ1v) is 8.42. The molecule has 1 aliphatic heterocycles. The second-order valence-corrected chi connectivity index (χ2v) is 6.62. The molecule has 1 saturated heterocycles. The number of ether oxygens (including phenoxy) is 2. The molecular weight excluding hydrogens is 296 g/mol. The number of anilines is 1. The predicted octanol–water partition coefficient (Wildman–Crippen LogP) is 2.37. The lowest BCUT2D eigenvalue weighted by molar-refractivity contribution is -0.144. The molecule has 1 aliphatic rings. The van der Waals surface area contributed by atoms with Crippen molar-refractivity contribution >= 4 is 39.3 Å². The second kappa shape index (κ2) is 5.80. The van der Waals surface area contributed by atoms with Gasteiger partial charge in [0.1, 0.15) is 16.8 Å². The standard InChI is InChI=1S/C12H16N4O2S2/c1-12(17-5-6-18-12)3-4-13-9-8-10(15-7-14-9)16-11(19-2)20-8/h7H,3-6H2,1-2H3,(H,13,14,15). The minimum Gasteiger partial charge on any atom is -0.369 e. The normalized spacial score (nSPS) is 17.7. The summed E-state index contributed by atoms with van der Waals surface area (Å²) in [6.07, 6.45) is 4.32. The molecule has 8 heteroatoms. The Balaban J connectivity index is 1.69. The van der Waals surface area contributed by atoms with Crippen LogP contribution in [0.2, 0.25) is 0 Å².